The Morgan fingerprint density at radius 2 is 0.942 bits per heavy atom. The van der Waals surface area contributed by atoms with E-state index in [0.717, 1.165) is 49.8 Å². The van der Waals surface area contributed by atoms with Crippen molar-refractivity contribution in [3.05, 3.63) is 175 Å². The third-order valence-electron chi connectivity index (χ3n) is 10.6. The van der Waals surface area contributed by atoms with E-state index < -0.39 is 0 Å². The second kappa shape index (κ2) is 11.7. The zero-order valence-electron chi connectivity index (χ0n) is 28.8. The lowest BCUT2D eigenvalue weighted by molar-refractivity contribution is 0.660. The molecule has 0 fully saturated rings. The Bertz CT molecular complexity index is 2800. The Morgan fingerprint density at radius 3 is 1.71 bits per heavy atom. The van der Waals surface area contributed by atoms with Gasteiger partial charge in [-0.2, -0.15) is 0 Å². The third-order valence-corrected chi connectivity index (χ3v) is 10.6. The summed E-state index contributed by atoms with van der Waals surface area (Å²) in [6.45, 7) is 4.60. The molecule has 0 saturated heterocycles. The standard InChI is InChI=1S/C48H33N3O/c1-48(2)40-18-10-9-16-36(40)38-29-35(24-26-41(38)48)46-49-45(33-14-7-4-8-15-33)50-47(51-46)37-17-11-19-43-44(37)39-28-34(25-27-42(39)52-43)32-22-20-31(21-23-32)30-12-5-3-6-13-30/h3-29H,1-2H3. The lowest BCUT2D eigenvalue weighted by atomic mass is 9.82. The summed E-state index contributed by atoms with van der Waals surface area (Å²) < 4.78 is 6.44. The Labute approximate surface area is 302 Å². The zero-order valence-corrected chi connectivity index (χ0v) is 28.8. The van der Waals surface area contributed by atoms with Crippen molar-refractivity contribution in [3.8, 4) is 67.5 Å². The number of aromatic nitrogens is 3. The van der Waals surface area contributed by atoms with Gasteiger partial charge in [0.2, 0.25) is 0 Å². The molecule has 52 heavy (non-hydrogen) atoms. The van der Waals surface area contributed by atoms with Gasteiger partial charge in [0.15, 0.2) is 17.5 Å². The van der Waals surface area contributed by atoms with Crippen LogP contribution in [0.1, 0.15) is 25.0 Å². The molecule has 9 aromatic rings. The molecule has 246 valence electrons. The monoisotopic (exact) mass is 667 g/mol. The van der Waals surface area contributed by atoms with Crippen molar-refractivity contribution in [2.75, 3.05) is 0 Å². The molecule has 1 aliphatic rings. The maximum atomic E-state index is 6.44. The van der Waals surface area contributed by atoms with Gasteiger partial charge in [0.25, 0.3) is 0 Å². The predicted molar refractivity (Wildman–Crippen MR) is 212 cm³/mol. The molecule has 10 rings (SSSR count). The van der Waals surface area contributed by atoms with Crippen molar-refractivity contribution in [2.24, 2.45) is 0 Å². The normalized spacial score (nSPS) is 13.0. The first kappa shape index (κ1) is 30.2. The first-order chi connectivity index (χ1) is 25.5. The van der Waals surface area contributed by atoms with Crippen LogP contribution in [-0.2, 0) is 5.41 Å². The molecule has 0 amide bonds. The molecule has 1 aliphatic carbocycles. The summed E-state index contributed by atoms with van der Waals surface area (Å²) in [6, 6.07) is 57.3. The molecule has 0 radical (unpaired) electrons. The molecule has 0 saturated carbocycles. The third kappa shape index (κ3) is 4.87. The number of benzene rings is 7. The molecule has 0 aliphatic heterocycles. The quantitative estimate of drug-likeness (QED) is 0.183. The number of fused-ring (bicyclic) bond motifs is 6. The minimum Gasteiger partial charge on any atom is -0.456 e. The number of nitrogens with zero attached hydrogens (tertiary/aromatic N) is 3. The van der Waals surface area contributed by atoms with Crippen molar-refractivity contribution in [3.63, 3.8) is 0 Å². The van der Waals surface area contributed by atoms with E-state index in [1.54, 1.807) is 0 Å². The van der Waals surface area contributed by atoms with Crippen LogP contribution in [0, 0.1) is 0 Å². The van der Waals surface area contributed by atoms with Crippen molar-refractivity contribution in [1.29, 1.82) is 0 Å². The summed E-state index contributed by atoms with van der Waals surface area (Å²) in [4.78, 5) is 15.4. The Morgan fingerprint density at radius 1 is 0.385 bits per heavy atom. The van der Waals surface area contributed by atoms with Gasteiger partial charge in [0.05, 0.1) is 0 Å². The van der Waals surface area contributed by atoms with E-state index >= 15 is 0 Å². The number of furan rings is 1. The van der Waals surface area contributed by atoms with Gasteiger partial charge >= 0.3 is 0 Å². The van der Waals surface area contributed by atoms with Crippen LogP contribution in [0.4, 0.5) is 0 Å². The molecular formula is C48H33N3O. The smallest absolute Gasteiger partial charge is 0.164 e. The van der Waals surface area contributed by atoms with Gasteiger partial charge in [-0.05, 0) is 68.8 Å². The minimum atomic E-state index is -0.0787. The van der Waals surface area contributed by atoms with Crippen LogP contribution in [0.15, 0.2) is 168 Å². The van der Waals surface area contributed by atoms with E-state index in [1.807, 2.05) is 48.5 Å². The lowest BCUT2D eigenvalue weighted by Gasteiger charge is -2.21. The van der Waals surface area contributed by atoms with Crippen LogP contribution < -0.4 is 0 Å². The van der Waals surface area contributed by atoms with Crippen molar-refractivity contribution < 1.29 is 4.42 Å². The number of rotatable bonds is 5. The number of hydrogen-bond donors (Lipinski definition) is 0. The van der Waals surface area contributed by atoms with Crippen molar-refractivity contribution in [2.45, 2.75) is 19.3 Å². The van der Waals surface area contributed by atoms with E-state index in [4.69, 9.17) is 19.4 Å². The molecule has 7 aromatic carbocycles. The lowest BCUT2D eigenvalue weighted by Crippen LogP contribution is -2.14. The average molecular weight is 668 g/mol. The largest absolute Gasteiger partial charge is 0.456 e. The molecule has 2 aromatic heterocycles. The topological polar surface area (TPSA) is 51.8 Å². The van der Waals surface area contributed by atoms with Crippen LogP contribution in [0.25, 0.3) is 89.5 Å². The van der Waals surface area contributed by atoms with E-state index in [0.29, 0.717) is 17.5 Å². The first-order valence-corrected chi connectivity index (χ1v) is 17.7. The predicted octanol–water partition coefficient (Wildman–Crippen LogP) is 12.4. The highest BCUT2D eigenvalue weighted by Crippen LogP contribution is 2.49. The highest BCUT2D eigenvalue weighted by molar-refractivity contribution is 6.12. The summed E-state index contributed by atoms with van der Waals surface area (Å²) in [7, 11) is 0. The van der Waals surface area contributed by atoms with Gasteiger partial charge in [-0.1, -0.05) is 153 Å². The van der Waals surface area contributed by atoms with Crippen molar-refractivity contribution >= 4 is 21.9 Å². The van der Waals surface area contributed by atoms with Gasteiger partial charge in [-0.3, -0.25) is 0 Å². The molecular weight excluding hydrogens is 635 g/mol. The minimum absolute atomic E-state index is 0.0787. The maximum absolute atomic E-state index is 6.44. The SMILES string of the molecule is CC1(C)c2ccccc2-c2cc(-c3nc(-c4ccccc4)nc(-c4cccc5oc6ccc(-c7ccc(-c8ccccc8)cc7)cc6c45)n3)ccc21. The summed E-state index contributed by atoms with van der Waals surface area (Å²) >= 11 is 0. The van der Waals surface area contributed by atoms with Gasteiger partial charge < -0.3 is 4.42 Å². The summed E-state index contributed by atoms with van der Waals surface area (Å²) in [5.74, 6) is 1.87. The summed E-state index contributed by atoms with van der Waals surface area (Å²) in [5.41, 5.74) is 14.1. The molecule has 0 bridgehead atoms. The Kier molecular flexibility index (Phi) is 6.80. The molecule has 0 N–H and O–H groups in total. The maximum Gasteiger partial charge on any atom is 0.164 e. The summed E-state index contributed by atoms with van der Waals surface area (Å²) in [5, 5.41) is 2.01. The van der Waals surface area contributed by atoms with E-state index in [1.165, 1.54) is 33.4 Å². The average Bonchev–Trinajstić information content (AvgIpc) is 3.70. The van der Waals surface area contributed by atoms with E-state index in [-0.39, 0.29) is 5.41 Å². The highest BCUT2D eigenvalue weighted by Gasteiger charge is 2.35. The van der Waals surface area contributed by atoms with Crippen LogP contribution >= 0.6 is 0 Å². The van der Waals surface area contributed by atoms with Crippen LogP contribution in [-0.4, -0.2) is 15.0 Å². The first-order valence-electron chi connectivity index (χ1n) is 17.7. The second-order valence-electron chi connectivity index (χ2n) is 14.0. The van der Waals surface area contributed by atoms with Gasteiger partial charge in [-0.25, -0.2) is 15.0 Å². The van der Waals surface area contributed by atoms with Gasteiger partial charge in [-0.15, -0.1) is 0 Å². The second-order valence-corrected chi connectivity index (χ2v) is 14.0. The Balaban J connectivity index is 1.13. The fraction of sp³-hybridized carbons (Fsp3) is 0.0625. The molecule has 4 nitrogen and oxygen atoms in total. The van der Waals surface area contributed by atoms with Crippen LogP contribution in [0.3, 0.4) is 0 Å². The van der Waals surface area contributed by atoms with Crippen LogP contribution in [0.2, 0.25) is 0 Å². The number of hydrogen-bond acceptors (Lipinski definition) is 4. The molecule has 0 atom stereocenters. The fourth-order valence-corrected chi connectivity index (χ4v) is 7.88. The van der Waals surface area contributed by atoms with E-state index in [2.05, 4.69) is 129 Å². The molecule has 0 unspecified atom stereocenters. The van der Waals surface area contributed by atoms with E-state index in [9.17, 15) is 0 Å². The zero-order chi connectivity index (χ0) is 34.8. The summed E-state index contributed by atoms with van der Waals surface area (Å²) in [6.07, 6.45) is 0. The van der Waals surface area contributed by atoms with Crippen molar-refractivity contribution in [1.82, 2.24) is 15.0 Å². The van der Waals surface area contributed by atoms with Crippen LogP contribution in [0.5, 0.6) is 0 Å². The van der Waals surface area contributed by atoms with Gasteiger partial charge in [0.1, 0.15) is 11.2 Å². The highest BCUT2D eigenvalue weighted by atomic mass is 16.3. The Hall–Kier alpha value is -6.65. The molecule has 0 spiro atoms. The van der Waals surface area contributed by atoms with Gasteiger partial charge in [0, 0.05) is 32.9 Å². The molecule has 4 heteroatoms. The fourth-order valence-electron chi connectivity index (χ4n) is 7.88. The molecule has 2 heterocycles.